The Labute approximate surface area is 141 Å². The second-order valence-electron chi connectivity index (χ2n) is 5.21. The molecule has 0 fully saturated rings. The van der Waals surface area contributed by atoms with E-state index in [1.807, 2.05) is 0 Å². The fourth-order valence-corrected chi connectivity index (χ4v) is 2.36. The van der Waals surface area contributed by atoms with E-state index in [1.165, 1.54) is 36.4 Å². The Kier molecular flexibility index (Phi) is 4.36. The van der Waals surface area contributed by atoms with Gasteiger partial charge < -0.3 is 9.73 Å². The number of aryl methyl sites for hydroxylation is 1. The number of benzene rings is 2. The number of nitrogens with one attached hydrogen (secondary N) is 1. The zero-order chi connectivity index (χ0) is 17.3. The molecule has 0 aliphatic rings. The van der Waals surface area contributed by atoms with Crippen LogP contribution in [-0.4, -0.2) is 5.91 Å². The van der Waals surface area contributed by atoms with Gasteiger partial charge in [-0.05, 0) is 55.0 Å². The second kappa shape index (κ2) is 6.45. The summed E-state index contributed by atoms with van der Waals surface area (Å²) in [6, 6.07) is 11.3. The van der Waals surface area contributed by atoms with Crippen molar-refractivity contribution < 1.29 is 18.0 Å². The first-order chi connectivity index (χ1) is 11.4. The minimum atomic E-state index is -0.536. The van der Waals surface area contributed by atoms with Crippen LogP contribution >= 0.6 is 11.6 Å². The van der Waals surface area contributed by atoms with E-state index >= 15 is 0 Å². The number of halogens is 3. The summed E-state index contributed by atoms with van der Waals surface area (Å²) in [4.78, 5) is 12.2. The molecule has 0 aliphatic carbocycles. The normalized spacial score (nSPS) is 10.7. The van der Waals surface area contributed by atoms with E-state index in [1.54, 1.807) is 19.1 Å². The predicted molar refractivity (Wildman–Crippen MR) is 88.2 cm³/mol. The van der Waals surface area contributed by atoms with E-state index in [0.29, 0.717) is 17.0 Å². The molecule has 6 heteroatoms. The molecule has 2 aromatic carbocycles. The van der Waals surface area contributed by atoms with Crippen LogP contribution in [0.4, 0.5) is 14.5 Å². The van der Waals surface area contributed by atoms with Gasteiger partial charge >= 0.3 is 0 Å². The van der Waals surface area contributed by atoms with E-state index in [9.17, 15) is 13.6 Å². The maximum Gasteiger partial charge on any atom is 0.291 e. The molecule has 3 aromatic rings. The summed E-state index contributed by atoms with van der Waals surface area (Å²) in [6.45, 7) is 1.75. The Bertz CT molecular complexity index is 921. The summed E-state index contributed by atoms with van der Waals surface area (Å²) >= 11 is 5.74. The molecule has 1 N–H and O–H groups in total. The molecule has 1 amide bonds. The fraction of sp³-hybridized carbons (Fsp3) is 0.0556. The maximum atomic E-state index is 13.3. The van der Waals surface area contributed by atoms with E-state index in [4.69, 9.17) is 16.0 Å². The zero-order valence-corrected chi connectivity index (χ0v) is 13.3. The third-order valence-electron chi connectivity index (χ3n) is 3.48. The predicted octanol–water partition coefficient (Wildman–Crippen LogP) is 5.44. The minimum absolute atomic E-state index is 0.0368. The van der Waals surface area contributed by atoms with Crippen LogP contribution in [0.1, 0.15) is 16.1 Å². The first kappa shape index (κ1) is 16.2. The van der Waals surface area contributed by atoms with Gasteiger partial charge in [-0.15, -0.1) is 0 Å². The molecule has 0 aliphatic heterocycles. The molecular formula is C18H12ClF2NO2. The molecule has 0 saturated heterocycles. The maximum absolute atomic E-state index is 13.3. The lowest BCUT2D eigenvalue weighted by Gasteiger charge is -2.07. The van der Waals surface area contributed by atoms with Crippen LogP contribution in [0.15, 0.2) is 52.9 Å². The third-order valence-corrected chi connectivity index (χ3v) is 3.77. The number of rotatable bonds is 3. The summed E-state index contributed by atoms with van der Waals surface area (Å²) in [7, 11) is 0. The van der Waals surface area contributed by atoms with Crippen molar-refractivity contribution in [2.24, 2.45) is 0 Å². The van der Waals surface area contributed by atoms with Crippen molar-refractivity contribution in [1.82, 2.24) is 0 Å². The Morgan fingerprint density at radius 3 is 2.62 bits per heavy atom. The molecule has 0 radical (unpaired) electrons. The van der Waals surface area contributed by atoms with Gasteiger partial charge in [0.25, 0.3) is 5.91 Å². The van der Waals surface area contributed by atoms with Crippen molar-refractivity contribution in [2.75, 3.05) is 5.32 Å². The van der Waals surface area contributed by atoms with Gasteiger partial charge in [0.2, 0.25) is 0 Å². The minimum Gasteiger partial charge on any atom is -0.451 e. The third kappa shape index (κ3) is 3.31. The Hall–Kier alpha value is -2.66. The Balaban J connectivity index is 1.83. The molecule has 3 nitrogen and oxygen atoms in total. The second-order valence-corrected chi connectivity index (χ2v) is 5.61. The molecule has 24 heavy (non-hydrogen) atoms. The van der Waals surface area contributed by atoms with Crippen molar-refractivity contribution >= 4 is 23.2 Å². The lowest BCUT2D eigenvalue weighted by Crippen LogP contribution is -2.12. The van der Waals surface area contributed by atoms with Gasteiger partial charge in [-0.25, -0.2) is 8.78 Å². The molecule has 0 bridgehead atoms. The van der Waals surface area contributed by atoms with Gasteiger partial charge in [0.15, 0.2) is 5.76 Å². The molecule has 3 rings (SSSR count). The van der Waals surface area contributed by atoms with E-state index in [2.05, 4.69) is 5.32 Å². The molecule has 0 saturated carbocycles. The van der Waals surface area contributed by atoms with Crippen LogP contribution in [0.5, 0.6) is 0 Å². The van der Waals surface area contributed by atoms with Crippen LogP contribution in [0.2, 0.25) is 5.02 Å². The highest BCUT2D eigenvalue weighted by molar-refractivity contribution is 6.31. The molecular weight excluding hydrogens is 336 g/mol. The van der Waals surface area contributed by atoms with Crippen LogP contribution < -0.4 is 5.32 Å². The highest BCUT2D eigenvalue weighted by Crippen LogP contribution is 2.27. The first-order valence-electron chi connectivity index (χ1n) is 7.07. The van der Waals surface area contributed by atoms with Crippen molar-refractivity contribution in [3.8, 4) is 11.3 Å². The van der Waals surface area contributed by atoms with Gasteiger partial charge in [0, 0.05) is 11.3 Å². The highest BCUT2D eigenvalue weighted by Gasteiger charge is 2.14. The van der Waals surface area contributed by atoms with Crippen molar-refractivity contribution in [3.63, 3.8) is 0 Å². The van der Waals surface area contributed by atoms with Gasteiger partial charge in [0.1, 0.15) is 17.4 Å². The summed E-state index contributed by atoms with van der Waals surface area (Å²) in [6.07, 6.45) is 0. The van der Waals surface area contributed by atoms with Crippen molar-refractivity contribution in [2.45, 2.75) is 6.92 Å². The summed E-state index contributed by atoms with van der Waals surface area (Å²) in [5.74, 6) is -1.07. The van der Waals surface area contributed by atoms with Crippen LogP contribution in [0, 0.1) is 18.6 Å². The molecule has 1 heterocycles. The standard InChI is InChI=1S/C18H12ClF2NO2/c1-10-2-4-12(20)9-15(10)22-18(23)17-7-6-16(24-17)11-3-5-14(21)13(19)8-11/h2-9H,1H3,(H,22,23). The number of furan rings is 1. The van der Waals surface area contributed by atoms with Crippen LogP contribution in [0.25, 0.3) is 11.3 Å². The number of carbonyl (C=O) groups is 1. The molecule has 0 spiro atoms. The number of anilines is 1. The van der Waals surface area contributed by atoms with Crippen molar-refractivity contribution in [1.29, 1.82) is 0 Å². The number of amides is 1. The van der Waals surface area contributed by atoms with E-state index < -0.39 is 17.5 Å². The number of hydrogen-bond donors (Lipinski definition) is 1. The smallest absolute Gasteiger partial charge is 0.291 e. The largest absolute Gasteiger partial charge is 0.451 e. The Morgan fingerprint density at radius 1 is 1.08 bits per heavy atom. The van der Waals surface area contributed by atoms with Gasteiger partial charge in [0.05, 0.1) is 5.02 Å². The molecule has 122 valence electrons. The monoisotopic (exact) mass is 347 g/mol. The van der Waals surface area contributed by atoms with E-state index in [-0.39, 0.29) is 10.8 Å². The van der Waals surface area contributed by atoms with Gasteiger partial charge in [-0.2, -0.15) is 0 Å². The molecule has 0 atom stereocenters. The SMILES string of the molecule is Cc1ccc(F)cc1NC(=O)c1ccc(-c2ccc(F)c(Cl)c2)o1. The quantitative estimate of drug-likeness (QED) is 0.685. The van der Waals surface area contributed by atoms with Crippen LogP contribution in [0.3, 0.4) is 0 Å². The molecule has 0 unspecified atom stereocenters. The first-order valence-corrected chi connectivity index (χ1v) is 7.44. The highest BCUT2D eigenvalue weighted by atomic mass is 35.5. The average molecular weight is 348 g/mol. The number of carbonyl (C=O) groups excluding carboxylic acids is 1. The molecule has 1 aromatic heterocycles. The van der Waals surface area contributed by atoms with Crippen molar-refractivity contribution in [3.05, 3.63) is 76.5 Å². The van der Waals surface area contributed by atoms with Crippen LogP contribution in [-0.2, 0) is 0 Å². The lowest BCUT2D eigenvalue weighted by atomic mass is 10.2. The van der Waals surface area contributed by atoms with E-state index in [0.717, 1.165) is 5.56 Å². The topological polar surface area (TPSA) is 42.2 Å². The summed E-state index contributed by atoms with van der Waals surface area (Å²) < 4.78 is 32.0. The zero-order valence-electron chi connectivity index (χ0n) is 12.6. The summed E-state index contributed by atoms with van der Waals surface area (Å²) in [5.41, 5.74) is 1.63. The average Bonchev–Trinajstić information content (AvgIpc) is 3.03. The lowest BCUT2D eigenvalue weighted by molar-refractivity contribution is 0.0997. The van der Waals surface area contributed by atoms with Gasteiger partial charge in [-0.1, -0.05) is 17.7 Å². The van der Waals surface area contributed by atoms with Gasteiger partial charge in [-0.3, -0.25) is 4.79 Å². The number of hydrogen-bond acceptors (Lipinski definition) is 2. The summed E-state index contributed by atoms with van der Waals surface area (Å²) in [5, 5.41) is 2.56. The Morgan fingerprint density at radius 2 is 1.88 bits per heavy atom. The fourth-order valence-electron chi connectivity index (χ4n) is 2.18.